The van der Waals surface area contributed by atoms with Crippen molar-refractivity contribution in [2.75, 3.05) is 20.6 Å². The highest BCUT2D eigenvalue weighted by Crippen LogP contribution is 2.17. The second-order valence-electron chi connectivity index (χ2n) is 3.59. The summed E-state index contributed by atoms with van der Waals surface area (Å²) < 4.78 is 0. The van der Waals surface area contributed by atoms with Crippen molar-refractivity contribution in [1.29, 1.82) is 0 Å². The lowest BCUT2D eigenvalue weighted by Crippen LogP contribution is -2.34. The smallest absolute Gasteiger partial charge is 0.0254 e. The van der Waals surface area contributed by atoms with Crippen LogP contribution in [0.1, 0.15) is 13.8 Å². The highest BCUT2D eigenvalue weighted by molar-refractivity contribution is 4.89. The predicted octanol–water partition coefficient (Wildman–Crippen LogP) is 0.544. The van der Waals surface area contributed by atoms with Crippen molar-refractivity contribution < 1.29 is 0 Å². The molecule has 0 aromatic carbocycles. The Bertz CT molecular complexity index is 112. The van der Waals surface area contributed by atoms with E-state index in [0.717, 1.165) is 18.5 Å². The van der Waals surface area contributed by atoms with Crippen molar-refractivity contribution >= 4 is 0 Å². The number of rotatable bonds is 1. The van der Waals surface area contributed by atoms with Crippen molar-refractivity contribution in [3.63, 3.8) is 0 Å². The molecule has 0 bridgehead atoms. The molecule has 10 heavy (non-hydrogen) atoms. The van der Waals surface area contributed by atoms with Crippen LogP contribution < -0.4 is 5.32 Å². The van der Waals surface area contributed by atoms with Crippen molar-refractivity contribution in [3.8, 4) is 0 Å². The topological polar surface area (TPSA) is 15.3 Å². The molecule has 0 aromatic rings. The van der Waals surface area contributed by atoms with Gasteiger partial charge in [0.1, 0.15) is 0 Å². The van der Waals surface area contributed by atoms with Gasteiger partial charge < -0.3 is 10.2 Å². The van der Waals surface area contributed by atoms with Gasteiger partial charge >= 0.3 is 0 Å². The standard InChI is InChI=1S/C8H18N2/c1-6-7(2)9-5-8(6)10(3)4/h6-9H,5H2,1-4H3. The van der Waals surface area contributed by atoms with E-state index in [1.165, 1.54) is 0 Å². The fraction of sp³-hybridized carbons (Fsp3) is 1.00. The molecule has 0 spiro atoms. The Balaban J connectivity index is 2.49. The monoisotopic (exact) mass is 142 g/mol. The summed E-state index contributed by atoms with van der Waals surface area (Å²) in [5.74, 6) is 0.787. The minimum Gasteiger partial charge on any atom is -0.312 e. The Labute approximate surface area is 63.6 Å². The molecule has 1 saturated heterocycles. The van der Waals surface area contributed by atoms with E-state index in [1.807, 2.05) is 0 Å². The molecule has 0 aliphatic carbocycles. The Morgan fingerprint density at radius 1 is 1.30 bits per heavy atom. The summed E-state index contributed by atoms with van der Waals surface area (Å²) >= 11 is 0. The third-order valence-electron chi connectivity index (χ3n) is 2.71. The first-order valence-electron chi connectivity index (χ1n) is 4.02. The highest BCUT2D eigenvalue weighted by Gasteiger charge is 2.30. The predicted molar refractivity (Wildman–Crippen MR) is 44.1 cm³/mol. The number of nitrogens with one attached hydrogen (secondary N) is 1. The summed E-state index contributed by atoms with van der Waals surface area (Å²) in [6.45, 7) is 5.72. The van der Waals surface area contributed by atoms with Gasteiger partial charge in [-0.05, 0) is 26.9 Å². The van der Waals surface area contributed by atoms with E-state index in [1.54, 1.807) is 0 Å². The Morgan fingerprint density at radius 3 is 2.10 bits per heavy atom. The summed E-state index contributed by atoms with van der Waals surface area (Å²) in [6, 6.07) is 1.42. The van der Waals surface area contributed by atoms with Gasteiger partial charge in [0.25, 0.3) is 0 Å². The van der Waals surface area contributed by atoms with Crippen LogP contribution in [0.15, 0.2) is 0 Å². The average Bonchev–Trinajstić information content (AvgIpc) is 2.14. The van der Waals surface area contributed by atoms with Crippen LogP contribution >= 0.6 is 0 Å². The van der Waals surface area contributed by atoms with Crippen LogP contribution in [0.3, 0.4) is 0 Å². The molecule has 1 fully saturated rings. The molecule has 3 atom stereocenters. The lowest BCUT2D eigenvalue weighted by atomic mass is 10.00. The molecule has 1 heterocycles. The molecule has 1 aliphatic heterocycles. The summed E-state index contributed by atoms with van der Waals surface area (Å²) in [4.78, 5) is 2.31. The maximum Gasteiger partial charge on any atom is 0.0254 e. The molecule has 2 nitrogen and oxygen atoms in total. The van der Waals surface area contributed by atoms with Gasteiger partial charge in [0.2, 0.25) is 0 Å². The molecule has 60 valence electrons. The zero-order valence-corrected chi connectivity index (χ0v) is 7.39. The second-order valence-corrected chi connectivity index (χ2v) is 3.59. The zero-order valence-electron chi connectivity index (χ0n) is 7.39. The lowest BCUT2D eigenvalue weighted by molar-refractivity contribution is 0.254. The van der Waals surface area contributed by atoms with Gasteiger partial charge in [0, 0.05) is 18.6 Å². The second kappa shape index (κ2) is 2.89. The van der Waals surface area contributed by atoms with Crippen LogP contribution in [0.4, 0.5) is 0 Å². The fourth-order valence-electron chi connectivity index (χ4n) is 1.66. The van der Waals surface area contributed by atoms with Crippen LogP contribution in [-0.4, -0.2) is 37.6 Å². The van der Waals surface area contributed by atoms with Gasteiger partial charge in [0.05, 0.1) is 0 Å². The quantitative estimate of drug-likeness (QED) is 0.575. The molecule has 0 saturated carbocycles. The minimum atomic E-state index is 0.687. The number of hydrogen-bond donors (Lipinski definition) is 1. The minimum absolute atomic E-state index is 0.687. The molecule has 3 unspecified atom stereocenters. The van der Waals surface area contributed by atoms with E-state index in [-0.39, 0.29) is 0 Å². The normalized spacial score (nSPS) is 41.1. The van der Waals surface area contributed by atoms with Gasteiger partial charge in [-0.3, -0.25) is 0 Å². The van der Waals surface area contributed by atoms with E-state index < -0.39 is 0 Å². The lowest BCUT2D eigenvalue weighted by Gasteiger charge is -2.23. The van der Waals surface area contributed by atoms with Crippen LogP contribution in [0, 0.1) is 5.92 Å². The zero-order chi connectivity index (χ0) is 7.72. The Kier molecular flexibility index (Phi) is 2.32. The molecule has 1 N–H and O–H groups in total. The van der Waals surface area contributed by atoms with Gasteiger partial charge in [-0.1, -0.05) is 6.92 Å². The first-order chi connectivity index (χ1) is 4.63. The van der Waals surface area contributed by atoms with Gasteiger partial charge in [0.15, 0.2) is 0 Å². The first-order valence-corrected chi connectivity index (χ1v) is 4.02. The molecule has 0 aromatic heterocycles. The number of hydrogen-bond acceptors (Lipinski definition) is 2. The molecular formula is C8H18N2. The maximum atomic E-state index is 3.46. The molecular weight excluding hydrogens is 124 g/mol. The van der Waals surface area contributed by atoms with E-state index in [9.17, 15) is 0 Å². The average molecular weight is 142 g/mol. The Hall–Kier alpha value is -0.0800. The van der Waals surface area contributed by atoms with Crippen molar-refractivity contribution in [2.24, 2.45) is 5.92 Å². The molecule has 1 rings (SSSR count). The summed E-state index contributed by atoms with van der Waals surface area (Å²) in [5, 5.41) is 3.46. The molecule has 0 radical (unpaired) electrons. The SMILES string of the molecule is CC1NCC(N(C)C)C1C. The van der Waals surface area contributed by atoms with Crippen molar-refractivity contribution in [2.45, 2.75) is 25.9 Å². The fourth-order valence-corrected chi connectivity index (χ4v) is 1.66. The number of nitrogens with zero attached hydrogens (tertiary/aromatic N) is 1. The van der Waals surface area contributed by atoms with Crippen molar-refractivity contribution in [3.05, 3.63) is 0 Å². The molecule has 2 heteroatoms. The molecule has 1 aliphatic rings. The largest absolute Gasteiger partial charge is 0.312 e. The summed E-state index contributed by atoms with van der Waals surface area (Å²) in [7, 11) is 4.31. The van der Waals surface area contributed by atoms with Crippen LogP contribution in [0.25, 0.3) is 0 Å². The van der Waals surface area contributed by atoms with E-state index in [0.29, 0.717) is 6.04 Å². The highest BCUT2D eigenvalue weighted by atomic mass is 15.2. The summed E-state index contributed by atoms with van der Waals surface area (Å²) in [6.07, 6.45) is 0. The van der Waals surface area contributed by atoms with Gasteiger partial charge in [-0.25, -0.2) is 0 Å². The Morgan fingerprint density at radius 2 is 1.90 bits per heavy atom. The summed E-state index contributed by atoms with van der Waals surface area (Å²) in [5.41, 5.74) is 0. The van der Waals surface area contributed by atoms with E-state index >= 15 is 0 Å². The number of likely N-dealkylation sites (N-methyl/N-ethyl adjacent to an activating group) is 1. The van der Waals surface area contributed by atoms with E-state index in [4.69, 9.17) is 0 Å². The van der Waals surface area contributed by atoms with Crippen LogP contribution in [0.2, 0.25) is 0 Å². The van der Waals surface area contributed by atoms with Crippen LogP contribution in [-0.2, 0) is 0 Å². The van der Waals surface area contributed by atoms with Gasteiger partial charge in [-0.15, -0.1) is 0 Å². The third-order valence-corrected chi connectivity index (χ3v) is 2.71. The maximum absolute atomic E-state index is 3.46. The third kappa shape index (κ3) is 1.32. The van der Waals surface area contributed by atoms with Gasteiger partial charge in [-0.2, -0.15) is 0 Å². The first kappa shape index (κ1) is 8.02. The van der Waals surface area contributed by atoms with E-state index in [2.05, 4.69) is 38.2 Å². The van der Waals surface area contributed by atoms with Crippen molar-refractivity contribution in [1.82, 2.24) is 10.2 Å². The van der Waals surface area contributed by atoms with Crippen LogP contribution in [0.5, 0.6) is 0 Å². The molecule has 0 amide bonds.